The fourth-order valence-electron chi connectivity index (χ4n) is 1.85. The molecule has 2 unspecified atom stereocenters. The van der Waals surface area contributed by atoms with Crippen LogP contribution in [-0.4, -0.2) is 37.1 Å². The third kappa shape index (κ3) is 5.48. The summed E-state index contributed by atoms with van der Waals surface area (Å²) in [6.07, 6.45) is 0.840. The maximum Gasteiger partial charge on any atom is 0.105 e. The van der Waals surface area contributed by atoms with Gasteiger partial charge in [-0.25, -0.2) is 0 Å². The molecule has 0 aromatic carbocycles. The van der Waals surface area contributed by atoms with Gasteiger partial charge in [-0.3, -0.25) is 0 Å². The summed E-state index contributed by atoms with van der Waals surface area (Å²) in [7, 11) is 3.98. The van der Waals surface area contributed by atoms with E-state index < -0.39 is 5.54 Å². The fraction of sp³-hybridized carbons (Fsp3) is 0.923. The zero-order valence-electron chi connectivity index (χ0n) is 11.9. The summed E-state index contributed by atoms with van der Waals surface area (Å²) in [5, 5.41) is 12.2. The zero-order chi connectivity index (χ0) is 13.0. The van der Waals surface area contributed by atoms with Crippen molar-refractivity contribution >= 4 is 0 Å². The zero-order valence-corrected chi connectivity index (χ0v) is 11.9. The molecule has 3 nitrogen and oxygen atoms in total. The number of hydrogen-bond donors (Lipinski definition) is 1. The Morgan fingerprint density at radius 3 is 2.12 bits per heavy atom. The van der Waals surface area contributed by atoms with Gasteiger partial charge in [-0.1, -0.05) is 20.8 Å². The molecule has 0 fully saturated rings. The Morgan fingerprint density at radius 2 is 1.81 bits per heavy atom. The molecule has 0 amide bonds. The predicted octanol–water partition coefficient (Wildman–Crippen LogP) is 2.24. The van der Waals surface area contributed by atoms with Crippen LogP contribution in [-0.2, 0) is 0 Å². The van der Waals surface area contributed by atoms with Crippen molar-refractivity contribution in [1.82, 2.24) is 10.2 Å². The average Bonchev–Trinajstić information content (AvgIpc) is 2.15. The van der Waals surface area contributed by atoms with E-state index in [0.717, 1.165) is 13.0 Å². The summed E-state index contributed by atoms with van der Waals surface area (Å²) >= 11 is 0. The smallest absolute Gasteiger partial charge is 0.105 e. The summed E-state index contributed by atoms with van der Waals surface area (Å²) in [6.45, 7) is 11.9. The van der Waals surface area contributed by atoms with E-state index in [-0.39, 0.29) is 0 Å². The Bertz CT molecular complexity index is 249. The van der Waals surface area contributed by atoms with Gasteiger partial charge in [-0.05, 0) is 39.8 Å². The second kappa shape index (κ2) is 5.65. The first-order valence-electron chi connectivity index (χ1n) is 5.94. The molecule has 16 heavy (non-hydrogen) atoms. The third-order valence-corrected chi connectivity index (χ3v) is 2.98. The van der Waals surface area contributed by atoms with Gasteiger partial charge in [0.05, 0.1) is 6.07 Å². The largest absolute Gasteiger partial charge is 0.303 e. The quantitative estimate of drug-likeness (QED) is 0.780. The third-order valence-electron chi connectivity index (χ3n) is 2.98. The van der Waals surface area contributed by atoms with Gasteiger partial charge in [-0.2, -0.15) is 5.26 Å². The van der Waals surface area contributed by atoms with E-state index in [1.807, 2.05) is 14.0 Å². The molecule has 0 saturated heterocycles. The van der Waals surface area contributed by atoms with E-state index in [0.29, 0.717) is 11.5 Å². The molecule has 0 heterocycles. The molecule has 0 spiro atoms. The Balaban J connectivity index is 4.37. The van der Waals surface area contributed by atoms with Crippen LogP contribution in [0, 0.1) is 16.7 Å². The first-order chi connectivity index (χ1) is 7.13. The van der Waals surface area contributed by atoms with Crippen molar-refractivity contribution in [1.29, 1.82) is 5.26 Å². The molecule has 0 saturated carbocycles. The van der Waals surface area contributed by atoms with Crippen molar-refractivity contribution < 1.29 is 0 Å². The molecule has 1 N–H and O–H groups in total. The SMILES string of the molecule is CNC(C)(C#N)CC(C)N(C)CC(C)(C)C. The highest BCUT2D eigenvalue weighted by atomic mass is 15.1. The summed E-state index contributed by atoms with van der Waals surface area (Å²) in [5.74, 6) is 0. The lowest BCUT2D eigenvalue weighted by Gasteiger charge is -2.34. The van der Waals surface area contributed by atoms with E-state index in [1.54, 1.807) is 0 Å². The molecule has 3 heteroatoms. The molecule has 0 bridgehead atoms. The average molecular weight is 225 g/mol. The summed E-state index contributed by atoms with van der Waals surface area (Å²) in [4.78, 5) is 2.33. The lowest BCUT2D eigenvalue weighted by atomic mass is 9.92. The van der Waals surface area contributed by atoms with Crippen LogP contribution in [0.3, 0.4) is 0 Å². The van der Waals surface area contributed by atoms with Crippen LogP contribution in [0.15, 0.2) is 0 Å². The maximum absolute atomic E-state index is 9.12. The molecule has 2 atom stereocenters. The number of hydrogen-bond acceptors (Lipinski definition) is 3. The monoisotopic (exact) mass is 225 g/mol. The summed E-state index contributed by atoms with van der Waals surface area (Å²) in [5.41, 5.74) is -0.128. The van der Waals surface area contributed by atoms with Crippen LogP contribution >= 0.6 is 0 Å². The Kier molecular flexibility index (Phi) is 5.44. The van der Waals surface area contributed by atoms with Crippen LogP contribution in [0.25, 0.3) is 0 Å². The van der Waals surface area contributed by atoms with Crippen LogP contribution < -0.4 is 5.32 Å². The standard InChI is InChI=1S/C13H27N3/c1-11(8-13(5,9-14)15-6)16(7)10-12(2,3)4/h11,15H,8,10H2,1-7H3. The molecular formula is C13H27N3. The van der Waals surface area contributed by atoms with E-state index in [2.05, 4.69) is 51.0 Å². The van der Waals surface area contributed by atoms with Crippen molar-refractivity contribution in [2.45, 2.75) is 52.6 Å². The Hall–Kier alpha value is -0.590. The van der Waals surface area contributed by atoms with Crippen molar-refractivity contribution in [3.63, 3.8) is 0 Å². The summed E-state index contributed by atoms with van der Waals surface area (Å²) in [6, 6.07) is 2.74. The predicted molar refractivity (Wildman–Crippen MR) is 69.2 cm³/mol. The lowest BCUT2D eigenvalue weighted by molar-refractivity contribution is 0.159. The van der Waals surface area contributed by atoms with Gasteiger partial charge < -0.3 is 10.2 Å². The highest BCUT2D eigenvalue weighted by molar-refractivity contribution is 5.04. The van der Waals surface area contributed by atoms with E-state index in [4.69, 9.17) is 5.26 Å². The molecular weight excluding hydrogens is 198 g/mol. The van der Waals surface area contributed by atoms with Gasteiger partial charge in [0.2, 0.25) is 0 Å². The second-order valence-corrected chi connectivity index (χ2v) is 6.22. The van der Waals surface area contributed by atoms with Crippen LogP contribution in [0.5, 0.6) is 0 Å². The minimum Gasteiger partial charge on any atom is -0.303 e. The number of rotatable bonds is 5. The maximum atomic E-state index is 9.12. The van der Waals surface area contributed by atoms with Crippen LogP contribution in [0.2, 0.25) is 0 Å². The van der Waals surface area contributed by atoms with Gasteiger partial charge in [0, 0.05) is 12.6 Å². The van der Waals surface area contributed by atoms with Gasteiger partial charge in [0.15, 0.2) is 0 Å². The van der Waals surface area contributed by atoms with Crippen molar-refractivity contribution in [2.75, 3.05) is 20.6 Å². The van der Waals surface area contributed by atoms with Crippen molar-refractivity contribution in [2.24, 2.45) is 5.41 Å². The molecule has 0 aliphatic rings. The normalized spacial score (nSPS) is 17.9. The van der Waals surface area contributed by atoms with Gasteiger partial charge in [0.1, 0.15) is 5.54 Å². The van der Waals surface area contributed by atoms with E-state index in [1.165, 1.54) is 0 Å². The summed E-state index contributed by atoms with van der Waals surface area (Å²) < 4.78 is 0. The van der Waals surface area contributed by atoms with Gasteiger partial charge in [0.25, 0.3) is 0 Å². The Labute approximate surface area is 101 Å². The fourth-order valence-corrected chi connectivity index (χ4v) is 1.85. The van der Waals surface area contributed by atoms with Crippen molar-refractivity contribution in [3.8, 4) is 6.07 Å². The van der Waals surface area contributed by atoms with Gasteiger partial charge >= 0.3 is 0 Å². The first kappa shape index (κ1) is 15.4. The molecule has 0 rings (SSSR count). The molecule has 0 aromatic rings. The topological polar surface area (TPSA) is 39.1 Å². The minimum atomic E-state index is -0.425. The molecule has 0 aliphatic carbocycles. The number of nitrogens with one attached hydrogen (secondary N) is 1. The number of nitrogens with zero attached hydrogens (tertiary/aromatic N) is 2. The molecule has 0 radical (unpaired) electrons. The first-order valence-corrected chi connectivity index (χ1v) is 5.94. The van der Waals surface area contributed by atoms with E-state index in [9.17, 15) is 0 Å². The minimum absolute atomic E-state index is 0.297. The molecule has 0 aromatic heterocycles. The number of nitriles is 1. The van der Waals surface area contributed by atoms with Gasteiger partial charge in [-0.15, -0.1) is 0 Å². The highest BCUT2D eigenvalue weighted by Crippen LogP contribution is 2.19. The van der Waals surface area contributed by atoms with Crippen LogP contribution in [0.1, 0.15) is 41.0 Å². The van der Waals surface area contributed by atoms with E-state index >= 15 is 0 Å². The Morgan fingerprint density at radius 1 is 1.31 bits per heavy atom. The van der Waals surface area contributed by atoms with Crippen LogP contribution in [0.4, 0.5) is 0 Å². The highest BCUT2D eigenvalue weighted by Gasteiger charge is 2.27. The van der Waals surface area contributed by atoms with Crippen molar-refractivity contribution in [3.05, 3.63) is 0 Å². The molecule has 0 aliphatic heterocycles. The second-order valence-electron chi connectivity index (χ2n) is 6.22. The molecule has 94 valence electrons. The lowest BCUT2D eigenvalue weighted by Crippen LogP contribution is -2.46.